The van der Waals surface area contributed by atoms with E-state index in [9.17, 15) is 4.79 Å². The normalized spacial score (nSPS) is 13.7. The molecule has 1 N–H and O–H groups in total. The van der Waals surface area contributed by atoms with E-state index >= 15 is 0 Å². The van der Waals surface area contributed by atoms with Gasteiger partial charge in [-0.05, 0) is 42.8 Å². The van der Waals surface area contributed by atoms with Gasteiger partial charge in [0.15, 0.2) is 5.16 Å². The van der Waals surface area contributed by atoms with Crippen LogP contribution in [0.15, 0.2) is 59.8 Å². The first-order chi connectivity index (χ1) is 16.5. The van der Waals surface area contributed by atoms with Crippen molar-refractivity contribution in [3.8, 4) is 0 Å². The predicted octanol–water partition coefficient (Wildman–Crippen LogP) is 5.08. The minimum atomic E-state index is -0.265. The number of rotatable bonds is 8. The maximum Gasteiger partial charge on any atom is 0.274 e. The lowest BCUT2D eigenvalue weighted by molar-refractivity contribution is 0.0364. The van der Waals surface area contributed by atoms with Crippen LogP contribution in [-0.4, -0.2) is 48.7 Å². The number of hydrogen-bond donors (Lipinski definition) is 1. The molecule has 0 unspecified atom stereocenters. The number of thioether (sulfide) groups is 1. The number of benzene rings is 2. The van der Waals surface area contributed by atoms with Crippen LogP contribution >= 0.6 is 35.0 Å². The first-order valence-electron chi connectivity index (χ1n) is 11.0. The van der Waals surface area contributed by atoms with E-state index in [0.717, 1.165) is 48.3 Å². The molecule has 1 amide bonds. The molecule has 7 nitrogen and oxygen atoms in total. The lowest BCUT2D eigenvalue weighted by atomic mass is 10.1. The van der Waals surface area contributed by atoms with Crippen LogP contribution in [0.2, 0.25) is 10.2 Å². The molecule has 3 aromatic rings. The third kappa shape index (κ3) is 6.54. The number of anilines is 2. The van der Waals surface area contributed by atoms with Gasteiger partial charge in [-0.15, -0.1) is 0 Å². The first kappa shape index (κ1) is 24.6. The second kappa shape index (κ2) is 11.8. The van der Waals surface area contributed by atoms with E-state index in [1.807, 2.05) is 43.3 Å². The molecule has 1 fully saturated rings. The average molecular weight is 518 g/mol. The molecule has 0 spiro atoms. The van der Waals surface area contributed by atoms with Gasteiger partial charge in [-0.25, -0.2) is 15.4 Å². The molecule has 0 bridgehead atoms. The van der Waals surface area contributed by atoms with Crippen molar-refractivity contribution in [2.45, 2.75) is 17.8 Å². The lowest BCUT2D eigenvalue weighted by Gasteiger charge is -2.36. The Morgan fingerprint density at radius 3 is 2.47 bits per heavy atom. The molecule has 0 aliphatic carbocycles. The zero-order valence-corrected chi connectivity index (χ0v) is 21.0. The third-order valence-electron chi connectivity index (χ3n) is 5.33. The fourth-order valence-electron chi connectivity index (χ4n) is 3.58. The summed E-state index contributed by atoms with van der Waals surface area (Å²) in [5.74, 6) is 1.23. The van der Waals surface area contributed by atoms with Crippen LogP contribution in [0.3, 0.4) is 0 Å². The summed E-state index contributed by atoms with van der Waals surface area (Å²) >= 11 is 14.0. The summed E-state index contributed by atoms with van der Waals surface area (Å²) in [4.78, 5) is 30.6. The van der Waals surface area contributed by atoms with E-state index in [1.54, 1.807) is 12.1 Å². The zero-order chi connectivity index (χ0) is 23.9. The minimum absolute atomic E-state index is 0.265. The highest BCUT2D eigenvalue weighted by molar-refractivity contribution is 7.98. The minimum Gasteiger partial charge on any atom is -0.368 e. The Hall–Kier alpha value is -2.52. The van der Waals surface area contributed by atoms with Crippen molar-refractivity contribution in [1.82, 2.24) is 15.4 Å². The molecule has 0 atom stereocenters. The number of carbonyl (C=O) groups is 1. The second-order valence-corrected chi connectivity index (χ2v) is 9.40. The van der Waals surface area contributed by atoms with Crippen LogP contribution in [0.25, 0.3) is 0 Å². The van der Waals surface area contributed by atoms with Gasteiger partial charge in [0, 0.05) is 54.3 Å². The Kier molecular flexibility index (Phi) is 8.50. The van der Waals surface area contributed by atoms with Crippen LogP contribution in [0.4, 0.5) is 11.5 Å². The van der Waals surface area contributed by atoms with E-state index in [4.69, 9.17) is 33.0 Å². The number of nitrogens with zero attached hydrogens (tertiary/aromatic N) is 4. The summed E-state index contributed by atoms with van der Waals surface area (Å²) in [5, 5.41) is 1.79. The summed E-state index contributed by atoms with van der Waals surface area (Å²) in [5.41, 5.74) is 5.12. The van der Waals surface area contributed by atoms with Crippen molar-refractivity contribution in [2.24, 2.45) is 0 Å². The molecule has 0 radical (unpaired) electrons. The molecule has 34 heavy (non-hydrogen) atoms. The first-order valence-corrected chi connectivity index (χ1v) is 12.7. The summed E-state index contributed by atoms with van der Waals surface area (Å²) in [6.07, 6.45) is 0. The predicted molar refractivity (Wildman–Crippen MR) is 138 cm³/mol. The van der Waals surface area contributed by atoms with Crippen molar-refractivity contribution < 1.29 is 9.63 Å². The molecule has 178 valence electrons. The molecular formula is C24H25Cl2N5O2S. The Morgan fingerprint density at radius 2 is 1.76 bits per heavy atom. The van der Waals surface area contributed by atoms with Crippen LogP contribution in [0.5, 0.6) is 0 Å². The largest absolute Gasteiger partial charge is 0.368 e. The van der Waals surface area contributed by atoms with Gasteiger partial charge >= 0.3 is 0 Å². The number of hydroxylamine groups is 1. The monoisotopic (exact) mass is 517 g/mol. The van der Waals surface area contributed by atoms with E-state index in [2.05, 4.69) is 26.3 Å². The smallest absolute Gasteiger partial charge is 0.274 e. The SMILES string of the molecule is CCONC(=O)c1ccc(CSc2nc(Cl)cc(N3CCN(c4cccc(Cl)c4)CC3)n2)cc1. The lowest BCUT2D eigenvalue weighted by Crippen LogP contribution is -2.46. The van der Waals surface area contributed by atoms with Crippen molar-refractivity contribution >= 4 is 52.4 Å². The number of halogens is 2. The summed E-state index contributed by atoms with van der Waals surface area (Å²) in [7, 11) is 0. The molecule has 1 aliphatic rings. The fourth-order valence-corrected chi connectivity index (χ4v) is 4.80. The molecule has 0 saturated carbocycles. The molecule has 2 heterocycles. The molecule has 1 saturated heterocycles. The zero-order valence-electron chi connectivity index (χ0n) is 18.7. The molecule has 2 aromatic carbocycles. The van der Waals surface area contributed by atoms with E-state index in [0.29, 0.717) is 28.2 Å². The summed E-state index contributed by atoms with van der Waals surface area (Å²) < 4.78 is 0. The van der Waals surface area contributed by atoms with Crippen molar-refractivity contribution in [3.05, 3.63) is 75.9 Å². The topological polar surface area (TPSA) is 70.6 Å². The molecule has 1 aromatic heterocycles. The van der Waals surface area contributed by atoms with E-state index < -0.39 is 0 Å². The highest BCUT2D eigenvalue weighted by Gasteiger charge is 2.20. The van der Waals surface area contributed by atoms with Gasteiger partial charge in [-0.3, -0.25) is 9.63 Å². The maximum atomic E-state index is 11.9. The Labute approximate surface area is 213 Å². The number of nitrogens with one attached hydrogen (secondary N) is 1. The van der Waals surface area contributed by atoms with Gasteiger partial charge in [0.2, 0.25) is 0 Å². The summed E-state index contributed by atoms with van der Waals surface area (Å²) in [6.45, 7) is 5.62. The van der Waals surface area contributed by atoms with Crippen molar-refractivity contribution in [3.63, 3.8) is 0 Å². The third-order valence-corrected chi connectivity index (χ3v) is 6.68. The molecule has 10 heteroatoms. The standard InChI is InChI=1S/C24H25Cl2N5O2S/c1-2-33-29-23(32)18-8-6-17(7-9-18)16-34-24-27-21(26)15-22(28-24)31-12-10-30(11-13-31)20-5-3-4-19(25)14-20/h3-9,14-15H,2,10-13,16H2,1H3,(H,29,32). The second-order valence-electron chi connectivity index (χ2n) is 7.64. The van der Waals surface area contributed by atoms with Crippen molar-refractivity contribution in [2.75, 3.05) is 42.6 Å². The molecule has 4 rings (SSSR count). The van der Waals surface area contributed by atoms with Crippen LogP contribution in [0, 0.1) is 0 Å². The Morgan fingerprint density at radius 1 is 1.03 bits per heavy atom. The Balaban J connectivity index is 1.35. The summed E-state index contributed by atoms with van der Waals surface area (Å²) in [6, 6.07) is 17.1. The van der Waals surface area contributed by atoms with Gasteiger partial charge in [-0.2, -0.15) is 0 Å². The quantitative estimate of drug-likeness (QED) is 0.193. The van der Waals surface area contributed by atoms with E-state index in [-0.39, 0.29) is 5.91 Å². The highest BCUT2D eigenvalue weighted by atomic mass is 35.5. The van der Waals surface area contributed by atoms with Crippen LogP contribution in [0.1, 0.15) is 22.8 Å². The average Bonchev–Trinajstić information content (AvgIpc) is 2.86. The number of carbonyl (C=O) groups excluding carboxylic acids is 1. The Bertz CT molecular complexity index is 1120. The van der Waals surface area contributed by atoms with Crippen molar-refractivity contribution in [1.29, 1.82) is 0 Å². The van der Waals surface area contributed by atoms with Gasteiger partial charge in [-0.1, -0.05) is 53.2 Å². The number of amides is 1. The molecule has 1 aliphatic heterocycles. The van der Waals surface area contributed by atoms with Gasteiger partial charge in [0.1, 0.15) is 11.0 Å². The number of piperazine rings is 1. The molecular weight excluding hydrogens is 493 g/mol. The fraction of sp³-hybridized carbons (Fsp3) is 0.292. The number of aromatic nitrogens is 2. The van der Waals surface area contributed by atoms with Gasteiger partial charge in [0.25, 0.3) is 5.91 Å². The van der Waals surface area contributed by atoms with Gasteiger partial charge < -0.3 is 9.80 Å². The highest BCUT2D eigenvalue weighted by Crippen LogP contribution is 2.27. The van der Waals surface area contributed by atoms with Gasteiger partial charge in [0.05, 0.1) is 6.61 Å². The van der Waals surface area contributed by atoms with E-state index in [1.165, 1.54) is 11.8 Å². The maximum absolute atomic E-state index is 11.9. The van der Waals surface area contributed by atoms with Crippen LogP contribution in [-0.2, 0) is 10.6 Å². The van der Waals surface area contributed by atoms with Crippen LogP contribution < -0.4 is 15.3 Å². The number of hydrogen-bond acceptors (Lipinski definition) is 7.